The Balaban J connectivity index is 1.39. The molecule has 2 saturated heterocycles. The van der Waals surface area contributed by atoms with Gasteiger partial charge >= 0.3 is 0 Å². The Morgan fingerprint density at radius 3 is 2.56 bits per heavy atom. The van der Waals surface area contributed by atoms with Crippen molar-refractivity contribution in [2.75, 3.05) is 32.8 Å². The summed E-state index contributed by atoms with van der Waals surface area (Å²) < 4.78 is 33.3. The van der Waals surface area contributed by atoms with Gasteiger partial charge in [0.05, 0.1) is 23.6 Å². The second-order valence-electron chi connectivity index (χ2n) is 8.52. The first-order valence-corrected chi connectivity index (χ1v) is 13.3. The summed E-state index contributed by atoms with van der Waals surface area (Å²) in [5.41, 5.74) is 0. The van der Waals surface area contributed by atoms with E-state index in [0.29, 0.717) is 30.7 Å². The molecule has 1 amide bonds. The van der Waals surface area contributed by atoms with Gasteiger partial charge in [-0.3, -0.25) is 4.79 Å². The van der Waals surface area contributed by atoms with Crippen LogP contribution in [0.5, 0.6) is 0 Å². The molecule has 0 bridgehead atoms. The van der Waals surface area contributed by atoms with Crippen molar-refractivity contribution < 1.29 is 23.1 Å². The number of carbonyl (C=O) groups is 1. The van der Waals surface area contributed by atoms with E-state index in [1.54, 1.807) is 0 Å². The number of amides is 1. The molecule has 2 heterocycles. The molecular weight excluding hydrogens is 454 g/mol. The molecule has 3 rings (SSSR count). The van der Waals surface area contributed by atoms with Crippen LogP contribution in [0.3, 0.4) is 0 Å². The summed E-state index contributed by atoms with van der Waals surface area (Å²) in [6, 6.07) is 5.76. The van der Waals surface area contributed by atoms with E-state index in [4.69, 9.17) is 16.3 Å². The molecule has 3 N–H and O–H groups in total. The molecule has 0 spiro atoms. The summed E-state index contributed by atoms with van der Waals surface area (Å²) in [5, 5.41) is 13.2. The summed E-state index contributed by atoms with van der Waals surface area (Å²) in [5.74, 6) is -0.0169. The summed E-state index contributed by atoms with van der Waals surface area (Å²) in [6.07, 6.45) is 5.31. The molecule has 32 heavy (non-hydrogen) atoms. The third-order valence-corrected chi connectivity index (χ3v) is 7.86. The molecule has 1 aromatic rings. The molecule has 0 saturated carbocycles. The Kier molecular flexibility index (Phi) is 9.76. The Morgan fingerprint density at radius 1 is 1.16 bits per heavy atom. The highest BCUT2D eigenvalue weighted by Gasteiger charge is 2.32. The SMILES string of the molecule is O=C(CCN1CCCCC1)N[C@H]1CC[C@H](CCNS(=O)(=O)c2ccc(Cl)cc2)O[C@@H]1CO. The average molecular weight is 488 g/mol. The predicted octanol–water partition coefficient (Wildman–Crippen LogP) is 1.91. The van der Waals surface area contributed by atoms with Crippen LogP contribution < -0.4 is 10.0 Å². The summed E-state index contributed by atoms with van der Waals surface area (Å²) in [4.78, 5) is 14.9. The maximum Gasteiger partial charge on any atom is 0.240 e. The van der Waals surface area contributed by atoms with Crippen LogP contribution in [0.4, 0.5) is 0 Å². The number of sulfonamides is 1. The van der Waals surface area contributed by atoms with E-state index in [1.165, 1.54) is 43.5 Å². The molecular formula is C22H34ClN3O5S. The van der Waals surface area contributed by atoms with Gasteiger partial charge in [0.2, 0.25) is 15.9 Å². The maximum absolute atomic E-state index is 12.4. The van der Waals surface area contributed by atoms with Crippen molar-refractivity contribution in [3.8, 4) is 0 Å². The van der Waals surface area contributed by atoms with Crippen LogP contribution in [-0.4, -0.2) is 75.4 Å². The van der Waals surface area contributed by atoms with Gasteiger partial charge in [0, 0.05) is 24.5 Å². The quantitative estimate of drug-likeness (QED) is 0.465. The highest BCUT2D eigenvalue weighted by Crippen LogP contribution is 2.22. The van der Waals surface area contributed by atoms with Gasteiger partial charge in [-0.1, -0.05) is 18.0 Å². The van der Waals surface area contributed by atoms with Gasteiger partial charge in [-0.2, -0.15) is 0 Å². The Labute approximate surface area is 195 Å². The molecule has 0 aromatic heterocycles. The van der Waals surface area contributed by atoms with Gasteiger partial charge in [-0.25, -0.2) is 13.1 Å². The molecule has 2 fully saturated rings. The number of rotatable bonds is 10. The molecule has 180 valence electrons. The number of carbonyl (C=O) groups excluding carboxylic acids is 1. The van der Waals surface area contributed by atoms with Crippen LogP contribution in [0.25, 0.3) is 0 Å². The van der Waals surface area contributed by atoms with Gasteiger partial charge in [0.1, 0.15) is 6.10 Å². The third-order valence-electron chi connectivity index (χ3n) is 6.13. The molecule has 0 aliphatic carbocycles. The minimum absolute atomic E-state index is 0.0169. The highest BCUT2D eigenvalue weighted by atomic mass is 35.5. The van der Waals surface area contributed by atoms with E-state index in [2.05, 4.69) is 14.9 Å². The first-order chi connectivity index (χ1) is 15.4. The number of halogens is 1. The van der Waals surface area contributed by atoms with E-state index < -0.39 is 16.1 Å². The zero-order valence-corrected chi connectivity index (χ0v) is 19.9. The van der Waals surface area contributed by atoms with Crippen LogP contribution in [-0.2, 0) is 19.6 Å². The normalized spacial score (nSPS) is 24.9. The van der Waals surface area contributed by atoms with Gasteiger partial charge in [-0.05, 0) is 69.5 Å². The van der Waals surface area contributed by atoms with Crippen LogP contribution in [0.15, 0.2) is 29.2 Å². The first-order valence-electron chi connectivity index (χ1n) is 11.4. The Bertz CT molecular complexity index is 830. The van der Waals surface area contributed by atoms with Gasteiger partial charge < -0.3 is 20.1 Å². The van der Waals surface area contributed by atoms with Gasteiger partial charge in [-0.15, -0.1) is 0 Å². The minimum Gasteiger partial charge on any atom is -0.394 e. The Morgan fingerprint density at radius 2 is 1.88 bits per heavy atom. The standard InChI is InChI=1S/C22H34ClN3O5S/c23-17-4-7-19(8-5-17)32(29,30)24-12-10-18-6-9-20(21(16-27)31-18)25-22(28)11-15-26-13-2-1-3-14-26/h4-5,7-8,18,20-21,24,27H,1-3,6,9-16H2,(H,25,28)/t18-,20+,21-/m1/s1. The lowest BCUT2D eigenvalue weighted by Gasteiger charge is -2.36. The van der Waals surface area contributed by atoms with Crippen molar-refractivity contribution in [1.29, 1.82) is 0 Å². The van der Waals surface area contributed by atoms with Crippen LogP contribution in [0.2, 0.25) is 5.02 Å². The number of hydrogen-bond acceptors (Lipinski definition) is 6. The molecule has 1 aromatic carbocycles. The molecule has 0 unspecified atom stereocenters. The minimum atomic E-state index is -3.61. The number of hydrogen-bond donors (Lipinski definition) is 3. The van der Waals surface area contributed by atoms with Gasteiger partial charge in [0.15, 0.2) is 0 Å². The largest absolute Gasteiger partial charge is 0.394 e. The number of ether oxygens (including phenoxy) is 1. The number of nitrogens with zero attached hydrogens (tertiary/aromatic N) is 1. The third kappa shape index (κ3) is 7.67. The molecule has 10 heteroatoms. The second-order valence-corrected chi connectivity index (χ2v) is 10.7. The molecule has 3 atom stereocenters. The lowest BCUT2D eigenvalue weighted by Crippen LogP contribution is -2.51. The summed E-state index contributed by atoms with van der Waals surface area (Å²) in [6.45, 7) is 2.91. The number of aliphatic hydroxyl groups excluding tert-OH is 1. The van der Waals surface area contributed by atoms with Crippen LogP contribution in [0, 0.1) is 0 Å². The fraction of sp³-hybridized carbons (Fsp3) is 0.682. The number of piperidine rings is 1. The zero-order valence-electron chi connectivity index (χ0n) is 18.3. The van der Waals surface area contributed by atoms with E-state index in [0.717, 1.165) is 19.6 Å². The van der Waals surface area contributed by atoms with E-state index in [1.807, 2.05) is 0 Å². The molecule has 2 aliphatic heterocycles. The predicted molar refractivity (Wildman–Crippen MR) is 123 cm³/mol. The van der Waals surface area contributed by atoms with Crippen molar-refractivity contribution in [2.24, 2.45) is 0 Å². The van der Waals surface area contributed by atoms with Crippen LogP contribution in [0.1, 0.15) is 44.9 Å². The number of likely N-dealkylation sites (tertiary alicyclic amines) is 1. The summed E-state index contributed by atoms with van der Waals surface area (Å²) >= 11 is 5.81. The number of benzene rings is 1. The average Bonchev–Trinajstić information content (AvgIpc) is 2.79. The van der Waals surface area contributed by atoms with E-state index in [-0.39, 0.29) is 36.1 Å². The fourth-order valence-electron chi connectivity index (χ4n) is 4.28. The van der Waals surface area contributed by atoms with E-state index >= 15 is 0 Å². The smallest absolute Gasteiger partial charge is 0.240 e. The lowest BCUT2D eigenvalue weighted by atomic mass is 9.97. The van der Waals surface area contributed by atoms with Crippen molar-refractivity contribution >= 4 is 27.5 Å². The van der Waals surface area contributed by atoms with Gasteiger partial charge in [0.25, 0.3) is 0 Å². The zero-order chi connectivity index (χ0) is 23.0. The molecule has 2 aliphatic rings. The topological polar surface area (TPSA) is 108 Å². The van der Waals surface area contributed by atoms with Crippen molar-refractivity contribution in [2.45, 2.75) is 68.1 Å². The van der Waals surface area contributed by atoms with Crippen molar-refractivity contribution in [3.63, 3.8) is 0 Å². The second kappa shape index (κ2) is 12.3. The fourth-order valence-corrected chi connectivity index (χ4v) is 5.46. The number of nitrogens with one attached hydrogen (secondary N) is 2. The highest BCUT2D eigenvalue weighted by molar-refractivity contribution is 7.89. The maximum atomic E-state index is 12.4. The Hall–Kier alpha value is -1.23. The van der Waals surface area contributed by atoms with Crippen molar-refractivity contribution in [3.05, 3.63) is 29.3 Å². The lowest BCUT2D eigenvalue weighted by molar-refractivity contribution is -0.128. The first kappa shape index (κ1) is 25.4. The van der Waals surface area contributed by atoms with E-state index in [9.17, 15) is 18.3 Å². The van der Waals surface area contributed by atoms with Crippen LogP contribution >= 0.6 is 11.6 Å². The van der Waals surface area contributed by atoms with Crippen molar-refractivity contribution in [1.82, 2.24) is 14.9 Å². The monoisotopic (exact) mass is 487 g/mol. The molecule has 8 nitrogen and oxygen atoms in total. The summed E-state index contributed by atoms with van der Waals surface area (Å²) in [7, 11) is -3.61. The molecule has 0 radical (unpaired) electrons. The number of aliphatic hydroxyl groups is 1.